The van der Waals surface area contributed by atoms with Crippen molar-refractivity contribution in [2.24, 2.45) is 5.16 Å². The molecule has 1 atom stereocenters. The smallest absolute Gasteiger partial charge is 0.317 e. The maximum absolute atomic E-state index is 13.0. The predicted octanol–water partition coefficient (Wildman–Crippen LogP) is 3.15. The van der Waals surface area contributed by atoms with Gasteiger partial charge >= 0.3 is 6.03 Å². The number of urea groups is 1. The zero-order chi connectivity index (χ0) is 16.8. The molecule has 0 spiro atoms. The van der Waals surface area contributed by atoms with Gasteiger partial charge in [-0.2, -0.15) is 0 Å². The van der Waals surface area contributed by atoms with Crippen LogP contribution in [0.25, 0.3) is 0 Å². The average Bonchev–Trinajstić information content (AvgIpc) is 2.95. The molecule has 0 saturated carbocycles. The molecule has 1 aromatic rings. The van der Waals surface area contributed by atoms with Crippen LogP contribution in [-0.4, -0.2) is 41.9 Å². The summed E-state index contributed by atoms with van der Waals surface area (Å²) in [5.41, 5.74) is 1.64. The highest BCUT2D eigenvalue weighted by Crippen LogP contribution is 2.18. The van der Waals surface area contributed by atoms with E-state index in [4.69, 9.17) is 4.84 Å². The first-order valence-corrected chi connectivity index (χ1v) is 8.03. The van der Waals surface area contributed by atoms with Crippen LogP contribution in [0.4, 0.5) is 9.18 Å². The quantitative estimate of drug-likeness (QED) is 0.875. The van der Waals surface area contributed by atoms with E-state index in [1.807, 2.05) is 20.8 Å². The summed E-state index contributed by atoms with van der Waals surface area (Å²) in [6.07, 6.45) is 1.32. The first-order valence-electron chi connectivity index (χ1n) is 8.03. The van der Waals surface area contributed by atoms with Crippen molar-refractivity contribution in [1.29, 1.82) is 0 Å². The Kier molecular flexibility index (Phi) is 5.96. The first-order chi connectivity index (χ1) is 11.0. The minimum Gasteiger partial charge on any atom is -0.390 e. The fourth-order valence-electron chi connectivity index (χ4n) is 2.47. The number of amides is 2. The maximum atomic E-state index is 13.0. The number of carbonyl (C=O) groups excluding carboxylic acids is 1. The number of hydrogen-bond donors (Lipinski definition) is 1. The van der Waals surface area contributed by atoms with Crippen molar-refractivity contribution < 1.29 is 14.0 Å². The lowest BCUT2D eigenvalue weighted by Crippen LogP contribution is -2.46. The van der Waals surface area contributed by atoms with E-state index in [1.165, 1.54) is 12.1 Å². The van der Waals surface area contributed by atoms with Gasteiger partial charge in [0.2, 0.25) is 0 Å². The number of benzene rings is 1. The number of rotatable bonds is 6. The summed E-state index contributed by atoms with van der Waals surface area (Å²) in [5, 5.41) is 6.99. The zero-order valence-corrected chi connectivity index (χ0v) is 13.9. The molecule has 1 aliphatic heterocycles. The van der Waals surface area contributed by atoms with Gasteiger partial charge in [-0.15, -0.1) is 0 Å². The number of halogens is 1. The standard InChI is InChI=1S/C17H24FN3O2/c1-4-9-21(17(22)19-12(2)3)11-15-10-16(20-23-15)13-5-7-14(18)8-6-13/h5-8,12,15H,4,9-11H2,1-3H3,(H,19,22)/t15-/m1/s1. The van der Waals surface area contributed by atoms with Gasteiger partial charge in [0.15, 0.2) is 6.10 Å². The summed E-state index contributed by atoms with van der Waals surface area (Å²) in [4.78, 5) is 19.4. The number of oxime groups is 1. The van der Waals surface area contributed by atoms with Gasteiger partial charge in [0.25, 0.3) is 0 Å². The molecule has 6 heteroatoms. The summed E-state index contributed by atoms with van der Waals surface area (Å²) in [6, 6.07) is 6.21. The highest BCUT2D eigenvalue weighted by Gasteiger charge is 2.26. The van der Waals surface area contributed by atoms with Crippen molar-refractivity contribution in [2.45, 2.75) is 45.8 Å². The van der Waals surface area contributed by atoms with E-state index in [-0.39, 0.29) is 24.0 Å². The predicted molar refractivity (Wildman–Crippen MR) is 88.0 cm³/mol. The SMILES string of the molecule is CCCN(C[C@H]1CC(c2ccc(F)cc2)=NO1)C(=O)NC(C)C. The van der Waals surface area contributed by atoms with Crippen molar-refractivity contribution in [1.82, 2.24) is 10.2 Å². The van der Waals surface area contributed by atoms with E-state index >= 15 is 0 Å². The van der Waals surface area contributed by atoms with E-state index in [0.717, 1.165) is 17.7 Å². The topological polar surface area (TPSA) is 53.9 Å². The van der Waals surface area contributed by atoms with Crippen LogP contribution >= 0.6 is 0 Å². The summed E-state index contributed by atoms with van der Waals surface area (Å²) in [5.74, 6) is -0.274. The molecular formula is C17H24FN3O2. The molecule has 0 aromatic heterocycles. The molecule has 0 bridgehead atoms. The molecule has 2 amide bonds. The third-order valence-corrected chi connectivity index (χ3v) is 3.53. The Hall–Kier alpha value is -2.11. The Morgan fingerprint density at radius 3 is 2.74 bits per heavy atom. The molecule has 23 heavy (non-hydrogen) atoms. The summed E-state index contributed by atoms with van der Waals surface area (Å²) in [7, 11) is 0. The molecule has 0 aliphatic carbocycles. The molecule has 1 heterocycles. The van der Waals surface area contributed by atoms with Crippen LogP contribution in [0.15, 0.2) is 29.4 Å². The lowest BCUT2D eigenvalue weighted by molar-refractivity contribution is 0.0603. The van der Waals surface area contributed by atoms with Crippen molar-refractivity contribution in [2.75, 3.05) is 13.1 Å². The van der Waals surface area contributed by atoms with Crippen LogP contribution in [0.3, 0.4) is 0 Å². The van der Waals surface area contributed by atoms with Crippen LogP contribution in [0, 0.1) is 5.82 Å². The Morgan fingerprint density at radius 2 is 2.13 bits per heavy atom. The van der Waals surface area contributed by atoms with Crippen LogP contribution in [-0.2, 0) is 4.84 Å². The Bertz CT molecular complexity index is 557. The zero-order valence-electron chi connectivity index (χ0n) is 13.9. The van der Waals surface area contributed by atoms with Gasteiger partial charge in [-0.25, -0.2) is 9.18 Å². The van der Waals surface area contributed by atoms with Gasteiger partial charge in [-0.3, -0.25) is 0 Å². The van der Waals surface area contributed by atoms with E-state index in [9.17, 15) is 9.18 Å². The second-order valence-corrected chi connectivity index (χ2v) is 6.03. The Labute approximate surface area is 136 Å². The molecule has 1 aliphatic rings. The highest BCUT2D eigenvalue weighted by molar-refractivity contribution is 6.01. The van der Waals surface area contributed by atoms with Gasteiger partial charge in [-0.1, -0.05) is 24.2 Å². The first kappa shape index (κ1) is 17.2. The average molecular weight is 321 g/mol. The number of hydrogen-bond acceptors (Lipinski definition) is 3. The van der Waals surface area contributed by atoms with Crippen LogP contribution in [0.5, 0.6) is 0 Å². The van der Waals surface area contributed by atoms with Crippen LogP contribution in [0.1, 0.15) is 39.2 Å². The van der Waals surface area contributed by atoms with E-state index in [0.29, 0.717) is 19.5 Å². The lowest BCUT2D eigenvalue weighted by Gasteiger charge is -2.25. The fraction of sp³-hybridized carbons (Fsp3) is 0.529. The van der Waals surface area contributed by atoms with E-state index in [1.54, 1.807) is 17.0 Å². The molecule has 0 fully saturated rings. The largest absolute Gasteiger partial charge is 0.390 e. The lowest BCUT2D eigenvalue weighted by atomic mass is 10.0. The Balaban J connectivity index is 1.93. The van der Waals surface area contributed by atoms with Crippen LogP contribution < -0.4 is 5.32 Å². The van der Waals surface area contributed by atoms with Gasteiger partial charge in [0.05, 0.1) is 12.3 Å². The van der Waals surface area contributed by atoms with E-state index in [2.05, 4.69) is 10.5 Å². The molecule has 126 valence electrons. The van der Waals surface area contributed by atoms with Gasteiger partial charge in [0, 0.05) is 19.0 Å². The number of nitrogens with zero attached hydrogens (tertiary/aromatic N) is 2. The second kappa shape index (κ2) is 7.94. The molecule has 0 radical (unpaired) electrons. The molecule has 2 rings (SSSR count). The van der Waals surface area contributed by atoms with Crippen molar-refractivity contribution in [3.8, 4) is 0 Å². The summed E-state index contributed by atoms with van der Waals surface area (Å²) >= 11 is 0. The fourth-order valence-corrected chi connectivity index (χ4v) is 2.47. The van der Waals surface area contributed by atoms with E-state index < -0.39 is 0 Å². The number of nitrogens with one attached hydrogen (secondary N) is 1. The number of carbonyl (C=O) groups is 1. The van der Waals surface area contributed by atoms with Crippen molar-refractivity contribution in [3.63, 3.8) is 0 Å². The molecular weight excluding hydrogens is 297 g/mol. The molecule has 0 unspecified atom stereocenters. The highest BCUT2D eigenvalue weighted by atomic mass is 19.1. The second-order valence-electron chi connectivity index (χ2n) is 6.03. The minimum atomic E-state index is -0.274. The molecule has 1 aromatic carbocycles. The summed E-state index contributed by atoms with van der Waals surface area (Å²) < 4.78 is 13.0. The molecule has 5 nitrogen and oxygen atoms in total. The van der Waals surface area contributed by atoms with Gasteiger partial charge in [-0.05, 0) is 38.0 Å². The summed E-state index contributed by atoms with van der Waals surface area (Å²) in [6.45, 7) is 7.06. The normalized spacial score (nSPS) is 16.9. The Morgan fingerprint density at radius 1 is 1.43 bits per heavy atom. The molecule has 0 saturated heterocycles. The van der Waals surface area contributed by atoms with Gasteiger partial charge < -0.3 is 15.1 Å². The third kappa shape index (κ3) is 4.94. The van der Waals surface area contributed by atoms with Crippen LogP contribution in [0.2, 0.25) is 0 Å². The third-order valence-electron chi connectivity index (χ3n) is 3.53. The minimum absolute atomic E-state index is 0.0827. The molecule has 1 N–H and O–H groups in total. The van der Waals surface area contributed by atoms with Crippen molar-refractivity contribution in [3.05, 3.63) is 35.6 Å². The van der Waals surface area contributed by atoms with Crippen molar-refractivity contribution >= 4 is 11.7 Å². The van der Waals surface area contributed by atoms with Gasteiger partial charge in [0.1, 0.15) is 5.82 Å². The monoisotopic (exact) mass is 321 g/mol. The maximum Gasteiger partial charge on any atom is 0.317 e.